The molecule has 6 heteroatoms. The Kier molecular flexibility index (Phi) is 4.35. The van der Waals surface area contributed by atoms with Crippen molar-refractivity contribution in [3.63, 3.8) is 0 Å². The monoisotopic (exact) mass is 321 g/mol. The van der Waals surface area contributed by atoms with E-state index in [2.05, 4.69) is 26.2 Å². The molecule has 2 rings (SSSR count). The van der Waals surface area contributed by atoms with Gasteiger partial charge in [0.2, 0.25) is 0 Å². The van der Waals surface area contributed by atoms with Crippen LogP contribution in [0.1, 0.15) is 0 Å². The molecule has 0 saturated carbocycles. The van der Waals surface area contributed by atoms with Crippen LogP contribution in [0.2, 0.25) is 0 Å². The second-order valence-electron chi connectivity index (χ2n) is 3.70. The molecule has 0 radical (unpaired) electrons. The van der Waals surface area contributed by atoms with Crippen LogP contribution in [0.3, 0.4) is 0 Å². The van der Waals surface area contributed by atoms with Crippen molar-refractivity contribution in [3.8, 4) is 5.75 Å². The molecule has 1 heterocycles. The van der Waals surface area contributed by atoms with Gasteiger partial charge in [-0.3, -0.25) is 4.79 Å². The number of rotatable bonds is 4. The third kappa shape index (κ3) is 3.69. The average Bonchev–Trinajstić information content (AvgIpc) is 2.40. The fourth-order valence-corrected chi connectivity index (χ4v) is 1.80. The Morgan fingerprint density at radius 2 is 2.11 bits per heavy atom. The molecule has 0 aliphatic rings. The number of nitrogens with one attached hydrogen (secondary N) is 1. The van der Waals surface area contributed by atoms with Crippen molar-refractivity contribution in [2.75, 3.05) is 17.7 Å². The summed E-state index contributed by atoms with van der Waals surface area (Å²) in [5.74, 6) is 0.385. The number of carbonyl (C=O) groups is 1. The van der Waals surface area contributed by atoms with E-state index in [4.69, 9.17) is 10.5 Å². The fraction of sp³-hybridized carbons (Fsp3) is 0.0769. The predicted molar refractivity (Wildman–Crippen MR) is 76.9 cm³/mol. The predicted octanol–water partition coefficient (Wildman–Crippen LogP) is 2.44. The number of pyridine rings is 1. The highest BCUT2D eigenvalue weighted by atomic mass is 79.9. The van der Waals surface area contributed by atoms with E-state index in [1.807, 2.05) is 18.2 Å². The van der Waals surface area contributed by atoms with Gasteiger partial charge in [-0.2, -0.15) is 0 Å². The van der Waals surface area contributed by atoms with Crippen molar-refractivity contribution in [2.45, 2.75) is 0 Å². The SMILES string of the molecule is Nc1ncccc1OCC(=O)Nc1ccccc1Br. The van der Waals surface area contributed by atoms with Crippen LogP contribution in [-0.2, 0) is 4.79 Å². The molecule has 1 aromatic heterocycles. The molecule has 0 spiro atoms. The van der Waals surface area contributed by atoms with Gasteiger partial charge >= 0.3 is 0 Å². The Labute approximate surface area is 118 Å². The molecule has 5 nitrogen and oxygen atoms in total. The molecule has 1 aromatic carbocycles. The lowest BCUT2D eigenvalue weighted by Gasteiger charge is -2.09. The van der Waals surface area contributed by atoms with Gasteiger partial charge in [0.25, 0.3) is 5.91 Å². The number of ether oxygens (including phenoxy) is 1. The summed E-state index contributed by atoms with van der Waals surface area (Å²) in [5, 5.41) is 2.73. The van der Waals surface area contributed by atoms with Gasteiger partial charge in [0.1, 0.15) is 0 Å². The van der Waals surface area contributed by atoms with E-state index >= 15 is 0 Å². The maximum absolute atomic E-state index is 11.7. The number of benzene rings is 1. The molecule has 1 amide bonds. The molecule has 3 N–H and O–H groups in total. The van der Waals surface area contributed by atoms with Gasteiger partial charge in [0, 0.05) is 10.7 Å². The number of amides is 1. The molecular weight excluding hydrogens is 310 g/mol. The van der Waals surface area contributed by atoms with E-state index in [-0.39, 0.29) is 18.3 Å². The lowest BCUT2D eigenvalue weighted by Crippen LogP contribution is -2.20. The van der Waals surface area contributed by atoms with E-state index in [1.54, 1.807) is 24.4 Å². The van der Waals surface area contributed by atoms with Crippen LogP contribution in [-0.4, -0.2) is 17.5 Å². The van der Waals surface area contributed by atoms with Crippen molar-refractivity contribution >= 4 is 33.3 Å². The summed E-state index contributed by atoms with van der Waals surface area (Å²) in [4.78, 5) is 15.6. The number of hydrogen-bond donors (Lipinski definition) is 2. The Morgan fingerprint density at radius 1 is 1.32 bits per heavy atom. The number of para-hydroxylation sites is 1. The van der Waals surface area contributed by atoms with Crippen molar-refractivity contribution < 1.29 is 9.53 Å². The first kappa shape index (κ1) is 13.4. The quantitative estimate of drug-likeness (QED) is 0.906. The molecule has 0 aliphatic heterocycles. The summed E-state index contributed by atoms with van der Waals surface area (Å²) in [6.07, 6.45) is 1.56. The number of nitrogens with zero attached hydrogens (tertiary/aromatic N) is 1. The highest BCUT2D eigenvalue weighted by molar-refractivity contribution is 9.10. The molecule has 0 fully saturated rings. The van der Waals surface area contributed by atoms with E-state index in [0.29, 0.717) is 11.4 Å². The summed E-state index contributed by atoms with van der Waals surface area (Å²) in [6.45, 7) is -0.128. The number of halogens is 1. The lowest BCUT2D eigenvalue weighted by molar-refractivity contribution is -0.118. The molecule has 2 aromatic rings. The summed E-state index contributed by atoms with van der Waals surface area (Å²) in [7, 11) is 0. The van der Waals surface area contributed by atoms with Crippen LogP contribution >= 0.6 is 15.9 Å². The third-order valence-corrected chi connectivity index (χ3v) is 3.00. The minimum Gasteiger partial charge on any atom is -0.480 e. The Balaban J connectivity index is 1.92. The molecule has 98 valence electrons. The number of nitrogens with two attached hydrogens (primary N) is 1. The van der Waals surface area contributed by atoms with E-state index in [9.17, 15) is 4.79 Å². The van der Waals surface area contributed by atoms with Crippen LogP contribution in [0.5, 0.6) is 5.75 Å². The van der Waals surface area contributed by atoms with E-state index < -0.39 is 0 Å². The van der Waals surface area contributed by atoms with Crippen LogP contribution in [0.25, 0.3) is 0 Å². The summed E-state index contributed by atoms with van der Waals surface area (Å²) in [5.41, 5.74) is 6.30. The first-order chi connectivity index (χ1) is 9.16. The Hall–Kier alpha value is -2.08. The summed E-state index contributed by atoms with van der Waals surface area (Å²) in [6, 6.07) is 10.7. The van der Waals surface area contributed by atoms with Crippen LogP contribution in [0.15, 0.2) is 47.1 Å². The van der Waals surface area contributed by atoms with E-state index in [1.165, 1.54) is 0 Å². The highest BCUT2D eigenvalue weighted by Gasteiger charge is 2.07. The maximum Gasteiger partial charge on any atom is 0.262 e. The second-order valence-corrected chi connectivity index (χ2v) is 4.56. The summed E-state index contributed by atoms with van der Waals surface area (Å²) >= 11 is 3.35. The Bertz CT molecular complexity index is 590. The molecule has 0 saturated heterocycles. The zero-order chi connectivity index (χ0) is 13.7. The molecule has 0 atom stereocenters. The normalized spacial score (nSPS) is 9.95. The first-order valence-corrected chi connectivity index (χ1v) is 6.34. The molecular formula is C13H12BrN3O2. The van der Waals surface area contributed by atoms with Gasteiger partial charge < -0.3 is 15.8 Å². The number of hydrogen-bond acceptors (Lipinski definition) is 4. The molecule has 0 aliphatic carbocycles. The number of carbonyl (C=O) groups excluding carboxylic acids is 1. The summed E-state index contributed by atoms with van der Waals surface area (Å²) < 4.78 is 6.11. The van der Waals surface area contributed by atoms with Gasteiger partial charge in [-0.1, -0.05) is 12.1 Å². The zero-order valence-corrected chi connectivity index (χ0v) is 11.6. The minimum atomic E-state index is -0.268. The van der Waals surface area contributed by atoms with Crippen molar-refractivity contribution in [1.29, 1.82) is 0 Å². The average molecular weight is 322 g/mol. The smallest absolute Gasteiger partial charge is 0.262 e. The van der Waals surface area contributed by atoms with Crippen LogP contribution in [0, 0.1) is 0 Å². The van der Waals surface area contributed by atoms with Gasteiger partial charge in [0.05, 0.1) is 5.69 Å². The number of aromatic nitrogens is 1. The standard InChI is InChI=1S/C13H12BrN3O2/c14-9-4-1-2-5-10(9)17-12(18)8-19-11-6-3-7-16-13(11)15/h1-7H,8H2,(H2,15,16)(H,17,18). The van der Waals surface area contributed by atoms with Crippen molar-refractivity contribution in [3.05, 3.63) is 47.1 Å². The minimum absolute atomic E-state index is 0.128. The fourth-order valence-electron chi connectivity index (χ4n) is 1.42. The van der Waals surface area contributed by atoms with Gasteiger partial charge in [0.15, 0.2) is 18.2 Å². The Morgan fingerprint density at radius 3 is 2.84 bits per heavy atom. The maximum atomic E-state index is 11.7. The first-order valence-electron chi connectivity index (χ1n) is 5.54. The third-order valence-electron chi connectivity index (χ3n) is 2.31. The van der Waals surface area contributed by atoms with Gasteiger partial charge in [-0.25, -0.2) is 4.98 Å². The topological polar surface area (TPSA) is 77.2 Å². The zero-order valence-electron chi connectivity index (χ0n) is 9.97. The lowest BCUT2D eigenvalue weighted by atomic mass is 10.3. The molecule has 19 heavy (non-hydrogen) atoms. The van der Waals surface area contributed by atoms with Gasteiger partial charge in [-0.05, 0) is 40.2 Å². The number of nitrogen functional groups attached to an aromatic ring is 1. The van der Waals surface area contributed by atoms with E-state index in [0.717, 1.165) is 4.47 Å². The van der Waals surface area contributed by atoms with Crippen molar-refractivity contribution in [2.24, 2.45) is 0 Å². The second kappa shape index (κ2) is 6.19. The van der Waals surface area contributed by atoms with Crippen LogP contribution < -0.4 is 15.8 Å². The molecule has 0 bridgehead atoms. The largest absolute Gasteiger partial charge is 0.480 e. The highest BCUT2D eigenvalue weighted by Crippen LogP contribution is 2.21. The van der Waals surface area contributed by atoms with Gasteiger partial charge in [-0.15, -0.1) is 0 Å². The number of anilines is 2. The molecule has 0 unspecified atom stereocenters. The van der Waals surface area contributed by atoms with Crippen LogP contribution in [0.4, 0.5) is 11.5 Å². The van der Waals surface area contributed by atoms with Crippen molar-refractivity contribution in [1.82, 2.24) is 4.98 Å².